The Morgan fingerprint density at radius 2 is 1.57 bits per heavy atom. The van der Waals surface area contributed by atoms with Crippen molar-refractivity contribution in [3.8, 4) is 5.75 Å². The maximum atomic E-state index is 12.1. The van der Waals surface area contributed by atoms with Crippen molar-refractivity contribution in [2.45, 2.75) is 6.92 Å². The fourth-order valence-corrected chi connectivity index (χ4v) is 2.64. The molecule has 0 spiro atoms. The summed E-state index contributed by atoms with van der Waals surface area (Å²) in [5.74, 6) is -0.431. The molecule has 2 rings (SSSR count). The molecule has 0 aliphatic heterocycles. The molecule has 148 valence electrons. The van der Waals surface area contributed by atoms with Gasteiger partial charge in [0.2, 0.25) is 0 Å². The van der Waals surface area contributed by atoms with Crippen LogP contribution in [0.25, 0.3) is 0 Å². The van der Waals surface area contributed by atoms with E-state index in [4.69, 9.17) is 27.9 Å². The Bertz CT molecular complexity index is 856. The first-order chi connectivity index (χ1) is 13.4. The van der Waals surface area contributed by atoms with E-state index in [9.17, 15) is 14.4 Å². The zero-order valence-electron chi connectivity index (χ0n) is 15.0. The fourth-order valence-electron chi connectivity index (χ4n) is 2.14. The minimum Gasteiger partial charge on any atom is -0.434 e. The number of amides is 2. The van der Waals surface area contributed by atoms with Gasteiger partial charge in [-0.2, -0.15) is 0 Å². The van der Waals surface area contributed by atoms with E-state index in [0.29, 0.717) is 16.1 Å². The van der Waals surface area contributed by atoms with Crippen LogP contribution in [0.4, 0.5) is 4.79 Å². The Morgan fingerprint density at radius 1 is 0.929 bits per heavy atom. The summed E-state index contributed by atoms with van der Waals surface area (Å²) in [6.07, 6.45) is -0.809. The lowest BCUT2D eigenvalue weighted by Gasteiger charge is -2.09. The average molecular weight is 425 g/mol. The van der Waals surface area contributed by atoms with E-state index in [1.165, 1.54) is 36.4 Å². The highest BCUT2D eigenvalue weighted by atomic mass is 35.5. The van der Waals surface area contributed by atoms with E-state index in [0.717, 1.165) is 0 Å². The van der Waals surface area contributed by atoms with Crippen LogP contribution in [0, 0.1) is 0 Å². The van der Waals surface area contributed by atoms with Crippen LogP contribution in [0.1, 0.15) is 27.6 Å². The lowest BCUT2D eigenvalue weighted by molar-refractivity contribution is 0.0927. The summed E-state index contributed by atoms with van der Waals surface area (Å²) in [5.41, 5.74) is 0.679. The maximum Gasteiger partial charge on any atom is 0.513 e. The van der Waals surface area contributed by atoms with Gasteiger partial charge in [0.05, 0.1) is 17.2 Å². The fraction of sp³-hybridized carbons (Fsp3) is 0.211. The van der Waals surface area contributed by atoms with Gasteiger partial charge in [0.25, 0.3) is 11.8 Å². The molecule has 2 aromatic carbocycles. The molecule has 0 aliphatic carbocycles. The van der Waals surface area contributed by atoms with Crippen molar-refractivity contribution in [2.75, 3.05) is 19.7 Å². The van der Waals surface area contributed by atoms with Crippen LogP contribution in [0.3, 0.4) is 0 Å². The van der Waals surface area contributed by atoms with E-state index in [1.54, 1.807) is 13.0 Å². The highest BCUT2D eigenvalue weighted by Gasteiger charge is 2.11. The van der Waals surface area contributed by atoms with Crippen molar-refractivity contribution in [2.24, 2.45) is 0 Å². The standard InChI is InChI=1S/C19H18Cl2N2O5/c1-2-27-19(26)28-14-6-3-12(4-7-14)17(24)22-9-10-23-18(25)15-8-5-13(20)11-16(15)21/h3-8,11H,2,9-10H2,1H3,(H,22,24)(H,23,25). The van der Waals surface area contributed by atoms with Gasteiger partial charge in [0.15, 0.2) is 0 Å². The predicted octanol–water partition coefficient (Wildman–Crippen LogP) is 3.69. The van der Waals surface area contributed by atoms with Gasteiger partial charge in [-0.25, -0.2) is 4.79 Å². The third kappa shape index (κ3) is 6.44. The van der Waals surface area contributed by atoms with Gasteiger partial charge in [0, 0.05) is 23.7 Å². The molecule has 28 heavy (non-hydrogen) atoms. The number of hydrogen-bond donors (Lipinski definition) is 2. The van der Waals surface area contributed by atoms with Gasteiger partial charge in [-0.3, -0.25) is 9.59 Å². The Morgan fingerprint density at radius 3 is 2.18 bits per heavy atom. The molecular formula is C19H18Cl2N2O5. The Kier molecular flexibility index (Phi) is 8.10. The first-order valence-electron chi connectivity index (χ1n) is 8.36. The number of nitrogens with one attached hydrogen (secondary N) is 2. The quantitative estimate of drug-likeness (QED) is 0.401. The molecule has 0 atom stereocenters. The Hall–Kier alpha value is -2.77. The zero-order chi connectivity index (χ0) is 20.5. The molecule has 0 unspecified atom stereocenters. The molecule has 2 N–H and O–H groups in total. The molecule has 2 aromatic rings. The number of benzene rings is 2. The van der Waals surface area contributed by atoms with Gasteiger partial charge >= 0.3 is 6.16 Å². The van der Waals surface area contributed by atoms with E-state index >= 15 is 0 Å². The summed E-state index contributed by atoms with van der Waals surface area (Å²) >= 11 is 11.8. The van der Waals surface area contributed by atoms with Crippen LogP contribution in [0.15, 0.2) is 42.5 Å². The minimum absolute atomic E-state index is 0.208. The molecule has 0 heterocycles. The third-order valence-electron chi connectivity index (χ3n) is 3.45. The topological polar surface area (TPSA) is 93.7 Å². The number of ether oxygens (including phenoxy) is 2. The monoisotopic (exact) mass is 424 g/mol. The molecule has 9 heteroatoms. The summed E-state index contributed by atoms with van der Waals surface area (Å²) < 4.78 is 9.58. The number of carbonyl (C=O) groups excluding carboxylic acids is 3. The number of halogens is 2. The normalized spacial score (nSPS) is 10.1. The van der Waals surface area contributed by atoms with Gasteiger partial charge in [-0.05, 0) is 49.4 Å². The van der Waals surface area contributed by atoms with E-state index < -0.39 is 6.16 Å². The highest BCUT2D eigenvalue weighted by molar-refractivity contribution is 6.36. The van der Waals surface area contributed by atoms with Crippen LogP contribution in [-0.2, 0) is 4.74 Å². The lowest BCUT2D eigenvalue weighted by Crippen LogP contribution is -2.34. The smallest absolute Gasteiger partial charge is 0.434 e. The van der Waals surface area contributed by atoms with E-state index in [2.05, 4.69) is 15.4 Å². The minimum atomic E-state index is -0.809. The first-order valence-corrected chi connectivity index (χ1v) is 9.12. The molecule has 0 aliphatic rings. The van der Waals surface area contributed by atoms with E-state index in [-0.39, 0.29) is 42.3 Å². The summed E-state index contributed by atoms with van der Waals surface area (Å²) in [6, 6.07) is 10.6. The van der Waals surface area contributed by atoms with Crippen molar-refractivity contribution in [1.29, 1.82) is 0 Å². The number of hydrogen-bond acceptors (Lipinski definition) is 5. The zero-order valence-corrected chi connectivity index (χ0v) is 16.5. The molecule has 0 aromatic heterocycles. The largest absolute Gasteiger partial charge is 0.513 e. The molecule has 0 bridgehead atoms. The molecule has 7 nitrogen and oxygen atoms in total. The van der Waals surface area contributed by atoms with Crippen LogP contribution in [0.5, 0.6) is 5.75 Å². The van der Waals surface area contributed by atoms with Crippen molar-refractivity contribution >= 4 is 41.2 Å². The van der Waals surface area contributed by atoms with Crippen molar-refractivity contribution in [3.63, 3.8) is 0 Å². The molecule has 0 saturated heterocycles. The van der Waals surface area contributed by atoms with Crippen LogP contribution in [-0.4, -0.2) is 37.7 Å². The third-order valence-corrected chi connectivity index (χ3v) is 4.00. The first kappa shape index (κ1) is 21.5. The van der Waals surface area contributed by atoms with Gasteiger partial charge in [0.1, 0.15) is 5.75 Å². The highest BCUT2D eigenvalue weighted by Crippen LogP contribution is 2.20. The number of rotatable bonds is 7. The van der Waals surface area contributed by atoms with Crippen LogP contribution in [0.2, 0.25) is 10.0 Å². The second kappa shape index (κ2) is 10.5. The Labute approximate surface area is 171 Å². The van der Waals surface area contributed by atoms with Gasteiger partial charge in [-0.1, -0.05) is 23.2 Å². The molecule has 0 radical (unpaired) electrons. The predicted molar refractivity (Wildman–Crippen MR) is 105 cm³/mol. The van der Waals surface area contributed by atoms with Gasteiger partial charge in [-0.15, -0.1) is 0 Å². The summed E-state index contributed by atoms with van der Waals surface area (Å²) in [6.45, 7) is 2.31. The summed E-state index contributed by atoms with van der Waals surface area (Å²) in [5, 5.41) is 6.01. The number of carbonyl (C=O) groups is 3. The average Bonchev–Trinajstić information content (AvgIpc) is 2.65. The second-order valence-corrected chi connectivity index (χ2v) is 6.29. The second-order valence-electron chi connectivity index (χ2n) is 5.45. The molecule has 0 fully saturated rings. The van der Waals surface area contributed by atoms with Gasteiger partial charge < -0.3 is 20.1 Å². The van der Waals surface area contributed by atoms with Crippen molar-refractivity contribution in [3.05, 3.63) is 63.6 Å². The van der Waals surface area contributed by atoms with Crippen LogP contribution >= 0.6 is 23.2 Å². The maximum absolute atomic E-state index is 12.1. The van der Waals surface area contributed by atoms with E-state index in [1.807, 2.05) is 0 Å². The lowest BCUT2D eigenvalue weighted by atomic mass is 10.2. The molecular weight excluding hydrogens is 407 g/mol. The van der Waals surface area contributed by atoms with Crippen LogP contribution < -0.4 is 15.4 Å². The SMILES string of the molecule is CCOC(=O)Oc1ccc(C(=O)NCCNC(=O)c2ccc(Cl)cc2Cl)cc1. The molecule has 2 amide bonds. The van der Waals surface area contributed by atoms with Crippen molar-refractivity contribution in [1.82, 2.24) is 10.6 Å². The summed E-state index contributed by atoms with van der Waals surface area (Å²) in [7, 11) is 0. The summed E-state index contributed by atoms with van der Waals surface area (Å²) in [4.78, 5) is 35.4. The van der Waals surface area contributed by atoms with Crippen molar-refractivity contribution < 1.29 is 23.9 Å². The Balaban J connectivity index is 1.77. The molecule has 0 saturated carbocycles.